The number of nitrogens with zero attached hydrogens (tertiary/aromatic N) is 4. The smallest absolute Gasteiger partial charge is 0.257 e. The number of sulfone groups is 1. The number of nitrogen functional groups attached to an aromatic ring is 1. The summed E-state index contributed by atoms with van der Waals surface area (Å²) >= 11 is 0. The van der Waals surface area contributed by atoms with Gasteiger partial charge in [-0.25, -0.2) is 18.4 Å². The summed E-state index contributed by atoms with van der Waals surface area (Å²) in [6, 6.07) is 14.8. The van der Waals surface area contributed by atoms with Crippen molar-refractivity contribution in [2.45, 2.75) is 29.6 Å². The average molecular weight is 448 g/mol. The van der Waals surface area contributed by atoms with Gasteiger partial charge in [0.15, 0.2) is 15.7 Å². The van der Waals surface area contributed by atoms with Crippen LogP contribution in [0.4, 0.5) is 5.95 Å². The van der Waals surface area contributed by atoms with Crippen LogP contribution in [0.1, 0.15) is 30.7 Å². The molecule has 2 aromatic carbocycles. The standard InChI is InChI=1S/C23H21N5O3S/c1-32(29,30)19-5-2-4-16(12-19)20-27-21(28-31-20)23(10-3-11-23)18-8-6-15(7-9-18)17-13-25-22(24)26-14-17/h2,4-9,12-14H,3,10-11H2,1H3,(H2,24,25,26). The van der Waals surface area contributed by atoms with Gasteiger partial charge in [0.25, 0.3) is 5.89 Å². The molecule has 5 rings (SSSR count). The van der Waals surface area contributed by atoms with Crippen molar-refractivity contribution in [3.63, 3.8) is 0 Å². The predicted octanol–water partition coefficient (Wildman–Crippen LogP) is 3.65. The number of aromatic nitrogens is 4. The molecule has 0 saturated heterocycles. The molecule has 2 N–H and O–H groups in total. The van der Waals surface area contributed by atoms with Gasteiger partial charge in [-0.3, -0.25) is 0 Å². The minimum absolute atomic E-state index is 0.218. The predicted molar refractivity (Wildman–Crippen MR) is 119 cm³/mol. The van der Waals surface area contributed by atoms with Gasteiger partial charge in [0, 0.05) is 29.8 Å². The first-order chi connectivity index (χ1) is 15.3. The first-order valence-electron chi connectivity index (χ1n) is 10.2. The average Bonchev–Trinajstić information content (AvgIpc) is 3.24. The van der Waals surface area contributed by atoms with E-state index in [4.69, 9.17) is 10.3 Å². The van der Waals surface area contributed by atoms with Crippen LogP contribution in [0.5, 0.6) is 0 Å². The molecule has 0 amide bonds. The molecule has 0 spiro atoms. The van der Waals surface area contributed by atoms with E-state index in [0.717, 1.165) is 36.0 Å². The van der Waals surface area contributed by atoms with Crippen LogP contribution in [-0.4, -0.2) is 34.8 Å². The molecule has 0 radical (unpaired) electrons. The van der Waals surface area contributed by atoms with Crippen LogP contribution in [0.3, 0.4) is 0 Å². The summed E-state index contributed by atoms with van der Waals surface area (Å²) in [4.78, 5) is 13.0. The molecule has 2 heterocycles. The number of anilines is 1. The molecule has 1 fully saturated rings. The molecule has 0 aliphatic heterocycles. The van der Waals surface area contributed by atoms with Crippen LogP contribution >= 0.6 is 0 Å². The van der Waals surface area contributed by atoms with Gasteiger partial charge in [-0.1, -0.05) is 41.9 Å². The summed E-state index contributed by atoms with van der Waals surface area (Å²) in [5.41, 5.74) is 8.84. The van der Waals surface area contributed by atoms with E-state index >= 15 is 0 Å². The Morgan fingerprint density at radius 2 is 1.69 bits per heavy atom. The van der Waals surface area contributed by atoms with Gasteiger partial charge in [-0.2, -0.15) is 4.98 Å². The van der Waals surface area contributed by atoms with E-state index in [1.807, 2.05) is 12.1 Å². The van der Waals surface area contributed by atoms with E-state index in [9.17, 15) is 8.42 Å². The summed E-state index contributed by atoms with van der Waals surface area (Å²) in [5.74, 6) is 1.17. The minimum Gasteiger partial charge on any atom is -0.368 e. The number of rotatable bonds is 5. The molecule has 162 valence electrons. The van der Waals surface area contributed by atoms with E-state index in [1.165, 1.54) is 6.26 Å². The van der Waals surface area contributed by atoms with Gasteiger partial charge in [0.1, 0.15) is 0 Å². The summed E-state index contributed by atoms with van der Waals surface area (Å²) in [6.45, 7) is 0. The lowest BCUT2D eigenvalue weighted by Crippen LogP contribution is -2.36. The first kappa shape index (κ1) is 20.3. The van der Waals surface area contributed by atoms with Crippen molar-refractivity contribution >= 4 is 15.8 Å². The van der Waals surface area contributed by atoms with E-state index in [2.05, 4.69) is 32.2 Å². The van der Waals surface area contributed by atoms with Crippen molar-refractivity contribution in [3.05, 3.63) is 72.3 Å². The van der Waals surface area contributed by atoms with Gasteiger partial charge in [0.05, 0.1) is 10.3 Å². The molecule has 9 heteroatoms. The fraction of sp³-hybridized carbons (Fsp3) is 0.217. The van der Waals surface area contributed by atoms with Crippen LogP contribution < -0.4 is 5.73 Å². The third-order valence-corrected chi connectivity index (χ3v) is 7.12. The highest BCUT2D eigenvalue weighted by molar-refractivity contribution is 7.90. The zero-order chi connectivity index (χ0) is 22.3. The molecule has 1 aliphatic rings. The quantitative estimate of drug-likeness (QED) is 0.491. The molecule has 0 bridgehead atoms. The monoisotopic (exact) mass is 447 g/mol. The number of nitrogens with two attached hydrogens (primary N) is 1. The fourth-order valence-electron chi connectivity index (χ4n) is 4.04. The topological polar surface area (TPSA) is 125 Å². The molecule has 0 atom stereocenters. The van der Waals surface area contributed by atoms with Gasteiger partial charge >= 0.3 is 0 Å². The summed E-state index contributed by atoms with van der Waals surface area (Å²) in [7, 11) is -3.33. The van der Waals surface area contributed by atoms with Gasteiger partial charge in [0.2, 0.25) is 5.95 Å². The maximum absolute atomic E-state index is 11.9. The molecular formula is C23H21N5O3S. The second-order valence-electron chi connectivity index (χ2n) is 8.07. The molecule has 4 aromatic rings. The summed E-state index contributed by atoms with van der Waals surface area (Å²) in [5, 5.41) is 4.28. The highest BCUT2D eigenvalue weighted by Crippen LogP contribution is 2.48. The summed E-state index contributed by atoms with van der Waals surface area (Å²) < 4.78 is 29.3. The van der Waals surface area contributed by atoms with Crippen LogP contribution in [0.2, 0.25) is 0 Å². The Labute approximate surface area is 185 Å². The fourth-order valence-corrected chi connectivity index (χ4v) is 4.70. The molecule has 1 saturated carbocycles. The molecule has 32 heavy (non-hydrogen) atoms. The van der Waals surface area contributed by atoms with Crippen molar-refractivity contribution in [1.82, 2.24) is 20.1 Å². The number of hydrogen-bond donors (Lipinski definition) is 1. The Morgan fingerprint density at radius 1 is 0.969 bits per heavy atom. The van der Waals surface area contributed by atoms with Crippen LogP contribution in [0.15, 0.2) is 70.3 Å². The Morgan fingerprint density at radius 3 is 2.31 bits per heavy atom. The van der Waals surface area contributed by atoms with Crippen LogP contribution in [0.25, 0.3) is 22.6 Å². The van der Waals surface area contributed by atoms with Crippen molar-refractivity contribution < 1.29 is 12.9 Å². The van der Waals surface area contributed by atoms with E-state index < -0.39 is 9.84 Å². The highest BCUT2D eigenvalue weighted by atomic mass is 32.2. The van der Waals surface area contributed by atoms with Crippen molar-refractivity contribution in [2.75, 3.05) is 12.0 Å². The van der Waals surface area contributed by atoms with E-state index in [1.54, 1.807) is 36.7 Å². The van der Waals surface area contributed by atoms with Gasteiger partial charge in [-0.05, 0) is 42.2 Å². The SMILES string of the molecule is CS(=O)(=O)c1cccc(-c2nc(C3(c4ccc(-c5cnc(N)nc5)cc4)CCC3)no2)c1. The largest absolute Gasteiger partial charge is 0.368 e. The number of benzene rings is 2. The maximum Gasteiger partial charge on any atom is 0.257 e. The third-order valence-electron chi connectivity index (χ3n) is 6.01. The summed E-state index contributed by atoms with van der Waals surface area (Å²) in [6.07, 6.45) is 7.48. The van der Waals surface area contributed by atoms with Crippen LogP contribution in [-0.2, 0) is 15.3 Å². The third kappa shape index (κ3) is 3.54. The Bertz CT molecular complexity index is 1380. The zero-order valence-corrected chi connectivity index (χ0v) is 18.2. The lowest BCUT2D eigenvalue weighted by Gasteiger charge is -2.39. The van der Waals surface area contributed by atoms with Crippen molar-refractivity contribution in [2.24, 2.45) is 0 Å². The second-order valence-corrected chi connectivity index (χ2v) is 10.1. The second kappa shape index (κ2) is 7.52. The maximum atomic E-state index is 11.9. The molecule has 8 nitrogen and oxygen atoms in total. The normalized spacial score (nSPS) is 15.3. The van der Waals surface area contributed by atoms with Crippen LogP contribution in [0, 0.1) is 0 Å². The molecule has 2 aromatic heterocycles. The van der Waals surface area contributed by atoms with Crippen molar-refractivity contribution in [1.29, 1.82) is 0 Å². The van der Waals surface area contributed by atoms with Gasteiger partial charge in [-0.15, -0.1) is 0 Å². The lowest BCUT2D eigenvalue weighted by molar-refractivity contribution is 0.273. The molecule has 1 aliphatic carbocycles. The molecular weight excluding hydrogens is 426 g/mol. The zero-order valence-electron chi connectivity index (χ0n) is 17.4. The van der Waals surface area contributed by atoms with E-state index in [-0.39, 0.29) is 16.3 Å². The minimum atomic E-state index is -3.33. The lowest BCUT2D eigenvalue weighted by atomic mass is 9.64. The Balaban J connectivity index is 1.47. The Hall–Kier alpha value is -3.59. The van der Waals surface area contributed by atoms with E-state index in [0.29, 0.717) is 17.3 Å². The number of hydrogen-bond acceptors (Lipinski definition) is 8. The molecule has 0 unspecified atom stereocenters. The highest BCUT2D eigenvalue weighted by Gasteiger charge is 2.44. The van der Waals surface area contributed by atoms with Crippen molar-refractivity contribution in [3.8, 4) is 22.6 Å². The Kier molecular flexibility index (Phi) is 4.78. The van der Waals surface area contributed by atoms with Gasteiger partial charge < -0.3 is 10.3 Å². The first-order valence-corrected chi connectivity index (χ1v) is 12.1.